The van der Waals surface area contributed by atoms with Gasteiger partial charge in [-0.1, -0.05) is 12.1 Å². The van der Waals surface area contributed by atoms with Gasteiger partial charge < -0.3 is 10.1 Å². The monoisotopic (exact) mass is 218 g/mol. The molecular weight excluding hydrogens is 200 g/mol. The van der Waals surface area contributed by atoms with Crippen molar-refractivity contribution >= 4 is 5.84 Å². The van der Waals surface area contributed by atoms with Gasteiger partial charge in [-0.3, -0.25) is 4.99 Å². The minimum atomic E-state index is 0.284. The van der Waals surface area contributed by atoms with Gasteiger partial charge in [-0.25, -0.2) is 0 Å². The maximum absolute atomic E-state index is 5.22. The van der Waals surface area contributed by atoms with Gasteiger partial charge in [0, 0.05) is 19.0 Å². The Bertz CT molecular complexity index is 387. The first-order valence-electron chi connectivity index (χ1n) is 5.73. The van der Waals surface area contributed by atoms with E-state index in [4.69, 9.17) is 4.74 Å². The van der Waals surface area contributed by atoms with E-state index in [1.807, 2.05) is 12.1 Å². The average molecular weight is 218 g/mol. The molecule has 1 heterocycles. The van der Waals surface area contributed by atoms with Gasteiger partial charge in [-0.15, -0.1) is 0 Å². The molecule has 1 aromatic carbocycles. The molecular formula is C13H18N2O. The lowest BCUT2D eigenvalue weighted by Crippen LogP contribution is -2.24. The van der Waals surface area contributed by atoms with Gasteiger partial charge in [-0.05, 0) is 31.0 Å². The smallest absolute Gasteiger partial charge is 0.119 e. The molecule has 0 bridgehead atoms. The van der Waals surface area contributed by atoms with E-state index in [1.165, 1.54) is 12.0 Å². The lowest BCUT2D eigenvalue weighted by molar-refractivity contribution is 0.413. The lowest BCUT2D eigenvalue weighted by Gasteiger charge is -2.16. The third kappa shape index (κ3) is 2.54. The number of methoxy groups -OCH3 is 1. The van der Waals surface area contributed by atoms with Crippen LogP contribution in [0.5, 0.6) is 5.75 Å². The van der Waals surface area contributed by atoms with Crippen molar-refractivity contribution in [1.82, 2.24) is 5.32 Å². The second-order valence-corrected chi connectivity index (χ2v) is 4.07. The molecule has 3 heteroatoms. The van der Waals surface area contributed by atoms with Gasteiger partial charge in [0.15, 0.2) is 0 Å². The molecule has 2 rings (SSSR count). The number of rotatable bonds is 3. The van der Waals surface area contributed by atoms with Crippen LogP contribution in [0, 0.1) is 0 Å². The van der Waals surface area contributed by atoms with Crippen molar-refractivity contribution in [3.63, 3.8) is 0 Å². The van der Waals surface area contributed by atoms with Crippen LogP contribution < -0.4 is 10.1 Å². The Kier molecular flexibility index (Phi) is 3.44. The molecule has 0 fully saturated rings. The summed E-state index contributed by atoms with van der Waals surface area (Å²) in [6, 6.07) is 8.43. The number of hydrogen-bond donors (Lipinski definition) is 1. The molecule has 0 aliphatic carbocycles. The number of aliphatic imine (C=N–C) groups is 1. The third-order valence-electron chi connectivity index (χ3n) is 2.85. The van der Waals surface area contributed by atoms with Crippen LogP contribution in [-0.4, -0.2) is 19.5 Å². The summed E-state index contributed by atoms with van der Waals surface area (Å²) in [6.07, 6.45) is 2.25. The summed E-state index contributed by atoms with van der Waals surface area (Å²) in [5.41, 5.74) is 1.23. The molecule has 1 aliphatic heterocycles. The predicted molar refractivity (Wildman–Crippen MR) is 66.1 cm³/mol. The van der Waals surface area contributed by atoms with Crippen LogP contribution >= 0.6 is 0 Å². The van der Waals surface area contributed by atoms with Crippen molar-refractivity contribution in [3.05, 3.63) is 29.8 Å². The second-order valence-electron chi connectivity index (χ2n) is 4.07. The van der Waals surface area contributed by atoms with E-state index in [1.54, 1.807) is 7.11 Å². The van der Waals surface area contributed by atoms with Crippen molar-refractivity contribution in [2.24, 2.45) is 4.99 Å². The fourth-order valence-electron chi connectivity index (χ4n) is 1.90. The number of amidine groups is 1. The summed E-state index contributed by atoms with van der Waals surface area (Å²) in [4.78, 5) is 4.42. The fraction of sp³-hybridized carbons (Fsp3) is 0.462. The molecule has 0 saturated carbocycles. The summed E-state index contributed by atoms with van der Waals surface area (Å²) < 4.78 is 5.22. The van der Waals surface area contributed by atoms with E-state index >= 15 is 0 Å². The van der Waals surface area contributed by atoms with Crippen LogP contribution in [0.3, 0.4) is 0 Å². The second kappa shape index (κ2) is 5.01. The zero-order valence-corrected chi connectivity index (χ0v) is 9.86. The number of benzene rings is 1. The van der Waals surface area contributed by atoms with Crippen LogP contribution in [0.2, 0.25) is 0 Å². The Balaban J connectivity index is 2.04. The minimum Gasteiger partial charge on any atom is -0.497 e. The van der Waals surface area contributed by atoms with Gasteiger partial charge in [0.05, 0.1) is 12.9 Å². The Morgan fingerprint density at radius 1 is 1.44 bits per heavy atom. The van der Waals surface area contributed by atoms with Crippen LogP contribution in [0.4, 0.5) is 0 Å². The van der Waals surface area contributed by atoms with Crippen LogP contribution in [0.15, 0.2) is 29.3 Å². The molecule has 86 valence electrons. The molecule has 3 nitrogen and oxygen atoms in total. The lowest BCUT2D eigenvalue weighted by atomic mass is 10.1. The van der Waals surface area contributed by atoms with Gasteiger partial charge in [0.2, 0.25) is 0 Å². The highest BCUT2D eigenvalue weighted by Crippen LogP contribution is 2.19. The summed E-state index contributed by atoms with van der Waals surface area (Å²) in [5, 5.41) is 3.44. The molecule has 16 heavy (non-hydrogen) atoms. The molecule has 0 unspecified atom stereocenters. The molecule has 1 atom stereocenters. The van der Waals surface area contributed by atoms with Gasteiger partial charge in [-0.2, -0.15) is 0 Å². The van der Waals surface area contributed by atoms with Crippen LogP contribution in [-0.2, 0) is 0 Å². The molecule has 1 aromatic rings. The Hall–Kier alpha value is -1.51. The standard InChI is InChI=1S/C13H18N2O/c1-10(15-13-7-4-8-14-13)11-5-3-6-12(9-11)16-2/h3,5-6,9-10H,4,7-8H2,1-2H3,(H,14,15)/t10-/m1/s1. The zero-order chi connectivity index (χ0) is 11.4. The van der Waals surface area contributed by atoms with Gasteiger partial charge in [0.1, 0.15) is 5.75 Å². The van der Waals surface area contributed by atoms with Crippen molar-refractivity contribution in [2.75, 3.05) is 13.7 Å². The SMILES string of the molecule is COc1cccc([C@@H](C)NC2=NCCC2)c1. The number of nitrogens with zero attached hydrogens (tertiary/aromatic N) is 1. The topological polar surface area (TPSA) is 33.6 Å². The molecule has 1 aliphatic rings. The highest BCUT2D eigenvalue weighted by atomic mass is 16.5. The van der Waals surface area contributed by atoms with Crippen LogP contribution in [0.1, 0.15) is 31.4 Å². The highest BCUT2D eigenvalue weighted by Gasteiger charge is 2.11. The van der Waals surface area contributed by atoms with Crippen molar-refractivity contribution in [2.45, 2.75) is 25.8 Å². The number of nitrogens with one attached hydrogen (secondary N) is 1. The molecule has 0 spiro atoms. The number of ether oxygens (including phenoxy) is 1. The maximum atomic E-state index is 5.22. The highest BCUT2D eigenvalue weighted by molar-refractivity contribution is 5.83. The van der Waals surface area contributed by atoms with E-state index in [0.29, 0.717) is 0 Å². The molecule has 0 saturated heterocycles. The van der Waals surface area contributed by atoms with Crippen molar-refractivity contribution < 1.29 is 4.74 Å². The van der Waals surface area contributed by atoms with Crippen molar-refractivity contribution in [1.29, 1.82) is 0 Å². The van der Waals surface area contributed by atoms with E-state index in [9.17, 15) is 0 Å². The molecule has 0 amide bonds. The Morgan fingerprint density at radius 3 is 3.00 bits per heavy atom. The van der Waals surface area contributed by atoms with Gasteiger partial charge >= 0.3 is 0 Å². The molecule has 0 aromatic heterocycles. The Morgan fingerprint density at radius 2 is 2.31 bits per heavy atom. The van der Waals surface area contributed by atoms with Crippen molar-refractivity contribution in [3.8, 4) is 5.75 Å². The first-order chi connectivity index (χ1) is 7.79. The first-order valence-corrected chi connectivity index (χ1v) is 5.73. The fourth-order valence-corrected chi connectivity index (χ4v) is 1.90. The first kappa shape index (κ1) is 11.0. The normalized spacial score (nSPS) is 16.8. The minimum absolute atomic E-state index is 0.284. The summed E-state index contributed by atoms with van der Waals surface area (Å²) in [6.45, 7) is 3.11. The average Bonchev–Trinajstić information content (AvgIpc) is 2.82. The van der Waals surface area contributed by atoms with E-state index < -0.39 is 0 Å². The van der Waals surface area contributed by atoms with Gasteiger partial charge in [0.25, 0.3) is 0 Å². The van der Waals surface area contributed by atoms with E-state index in [-0.39, 0.29) is 6.04 Å². The third-order valence-corrected chi connectivity index (χ3v) is 2.85. The summed E-state index contributed by atoms with van der Waals surface area (Å²) in [5.74, 6) is 2.04. The molecule has 0 radical (unpaired) electrons. The number of hydrogen-bond acceptors (Lipinski definition) is 3. The van der Waals surface area contributed by atoms with E-state index in [2.05, 4.69) is 29.4 Å². The predicted octanol–water partition coefficient (Wildman–Crippen LogP) is 2.54. The molecule has 1 N–H and O–H groups in total. The Labute approximate surface area is 96.5 Å². The zero-order valence-electron chi connectivity index (χ0n) is 9.86. The summed E-state index contributed by atoms with van der Waals surface area (Å²) in [7, 11) is 1.69. The quantitative estimate of drug-likeness (QED) is 0.845. The van der Waals surface area contributed by atoms with Crippen LogP contribution in [0.25, 0.3) is 0 Å². The largest absolute Gasteiger partial charge is 0.497 e. The summed E-state index contributed by atoms with van der Waals surface area (Å²) >= 11 is 0. The maximum Gasteiger partial charge on any atom is 0.119 e. The van der Waals surface area contributed by atoms with E-state index in [0.717, 1.165) is 24.6 Å².